The summed E-state index contributed by atoms with van der Waals surface area (Å²) in [7, 11) is -3.65. The summed E-state index contributed by atoms with van der Waals surface area (Å²) in [4.78, 5) is 17.3. The average Bonchev–Trinajstić information content (AvgIpc) is 3.04. The summed E-state index contributed by atoms with van der Waals surface area (Å²) in [5.41, 5.74) is 2.51. The molecule has 1 fully saturated rings. The van der Waals surface area contributed by atoms with Crippen LogP contribution in [0.15, 0.2) is 53.4 Å². The Kier molecular flexibility index (Phi) is 5.24. The molecule has 0 unspecified atom stereocenters. The van der Waals surface area contributed by atoms with E-state index in [9.17, 15) is 17.6 Å². The van der Waals surface area contributed by atoms with Crippen molar-refractivity contribution < 1.29 is 22.5 Å². The van der Waals surface area contributed by atoms with E-state index in [1.54, 1.807) is 0 Å². The normalized spacial score (nSPS) is 16.3. The van der Waals surface area contributed by atoms with Gasteiger partial charge in [-0.2, -0.15) is 4.31 Å². The zero-order valence-corrected chi connectivity index (χ0v) is 16.9. The summed E-state index contributed by atoms with van der Waals surface area (Å²) in [5.74, 6) is -0.408. The Hall–Kier alpha value is -2.55. The zero-order valence-electron chi connectivity index (χ0n) is 16.1. The number of fused-ring (bicyclic) bond motifs is 1. The van der Waals surface area contributed by atoms with Crippen LogP contribution in [-0.4, -0.2) is 56.2 Å². The van der Waals surface area contributed by atoms with Crippen LogP contribution >= 0.6 is 0 Å². The number of nitrogens with one attached hydrogen (secondary N) is 2. The van der Waals surface area contributed by atoms with E-state index in [0.29, 0.717) is 32.7 Å². The highest BCUT2D eigenvalue weighted by Gasteiger charge is 2.31. The molecule has 0 bridgehead atoms. The van der Waals surface area contributed by atoms with Gasteiger partial charge in [-0.05, 0) is 37.3 Å². The molecule has 0 atom stereocenters. The van der Waals surface area contributed by atoms with Crippen molar-refractivity contribution in [3.05, 3.63) is 65.6 Å². The van der Waals surface area contributed by atoms with Crippen LogP contribution in [0.5, 0.6) is 0 Å². The largest absolute Gasteiger partial charge is 0.358 e. The third-order valence-corrected chi connectivity index (χ3v) is 7.38. The van der Waals surface area contributed by atoms with Crippen LogP contribution in [0.1, 0.15) is 16.1 Å². The van der Waals surface area contributed by atoms with Gasteiger partial charge in [0.25, 0.3) is 0 Å². The van der Waals surface area contributed by atoms with Crippen LogP contribution in [0.25, 0.3) is 10.9 Å². The summed E-state index contributed by atoms with van der Waals surface area (Å²) >= 11 is 0. The van der Waals surface area contributed by atoms with E-state index in [1.165, 1.54) is 16.4 Å². The molecule has 0 spiro atoms. The van der Waals surface area contributed by atoms with Crippen molar-refractivity contribution in [3.8, 4) is 0 Å². The van der Waals surface area contributed by atoms with Gasteiger partial charge < -0.3 is 9.88 Å². The van der Waals surface area contributed by atoms with Crippen molar-refractivity contribution in [1.82, 2.24) is 9.29 Å². The molecule has 2 aromatic carbocycles. The number of hydrogen-bond acceptors (Lipinski definition) is 3. The highest BCUT2D eigenvalue weighted by Crippen LogP contribution is 2.22. The third-order valence-electron chi connectivity index (χ3n) is 5.46. The molecule has 152 valence electrons. The minimum absolute atomic E-state index is 0.0600. The smallest absolute Gasteiger partial charge is 0.243 e. The van der Waals surface area contributed by atoms with E-state index in [1.807, 2.05) is 31.2 Å². The molecule has 1 aromatic heterocycles. The number of piperazine rings is 1. The minimum atomic E-state index is -3.65. The first-order chi connectivity index (χ1) is 13.9. The van der Waals surface area contributed by atoms with Crippen molar-refractivity contribution in [2.24, 2.45) is 0 Å². The predicted molar refractivity (Wildman–Crippen MR) is 108 cm³/mol. The van der Waals surface area contributed by atoms with Gasteiger partial charge >= 0.3 is 0 Å². The number of hydrogen-bond donors (Lipinski definition) is 2. The van der Waals surface area contributed by atoms with Gasteiger partial charge in [0.2, 0.25) is 15.8 Å². The first kappa shape index (κ1) is 19.8. The predicted octanol–water partition coefficient (Wildman–Crippen LogP) is 1.39. The third kappa shape index (κ3) is 3.83. The maximum Gasteiger partial charge on any atom is 0.243 e. The van der Waals surface area contributed by atoms with Crippen molar-refractivity contribution in [2.75, 3.05) is 32.7 Å². The average molecular weight is 416 g/mol. The number of H-pyrrole nitrogens is 1. The van der Waals surface area contributed by atoms with Gasteiger partial charge in [-0.15, -0.1) is 0 Å². The Labute approximate surface area is 169 Å². The summed E-state index contributed by atoms with van der Waals surface area (Å²) in [6.07, 6.45) is 0. The van der Waals surface area contributed by atoms with Gasteiger partial charge in [-0.3, -0.25) is 4.79 Å². The first-order valence-electron chi connectivity index (χ1n) is 9.56. The fourth-order valence-electron chi connectivity index (χ4n) is 3.93. The van der Waals surface area contributed by atoms with Crippen molar-refractivity contribution in [3.63, 3.8) is 0 Å². The number of aryl methyl sites for hydroxylation is 1. The van der Waals surface area contributed by atoms with Crippen LogP contribution in [0.3, 0.4) is 0 Å². The fourth-order valence-corrected chi connectivity index (χ4v) is 5.37. The number of rotatable bonds is 5. The number of ketones is 1. The second-order valence-electron chi connectivity index (χ2n) is 7.38. The SMILES string of the molecule is Cc1[nH]c2ccccc2c1C(=O)C[NH+]1CCN(S(=O)(=O)c2ccc(F)cc2)CC1. The topological polar surface area (TPSA) is 74.7 Å². The summed E-state index contributed by atoms with van der Waals surface area (Å²) < 4.78 is 40.0. The number of carbonyl (C=O) groups excluding carboxylic acids is 1. The van der Waals surface area contributed by atoms with Gasteiger partial charge in [-0.25, -0.2) is 12.8 Å². The summed E-state index contributed by atoms with van der Waals surface area (Å²) in [6, 6.07) is 12.6. The van der Waals surface area contributed by atoms with Crippen molar-refractivity contribution >= 4 is 26.7 Å². The lowest BCUT2D eigenvalue weighted by atomic mass is 10.1. The Morgan fingerprint density at radius 2 is 1.76 bits per heavy atom. The lowest BCUT2D eigenvalue weighted by Crippen LogP contribution is -3.15. The molecule has 1 aliphatic rings. The second kappa shape index (κ2) is 7.70. The monoisotopic (exact) mass is 416 g/mol. The molecule has 29 heavy (non-hydrogen) atoms. The molecule has 6 nitrogen and oxygen atoms in total. The molecule has 0 radical (unpaired) electrons. The van der Waals surface area contributed by atoms with E-state index < -0.39 is 15.8 Å². The Morgan fingerprint density at radius 3 is 2.45 bits per heavy atom. The quantitative estimate of drug-likeness (QED) is 0.618. The van der Waals surface area contributed by atoms with Gasteiger partial charge in [0.1, 0.15) is 12.4 Å². The van der Waals surface area contributed by atoms with Crippen molar-refractivity contribution in [2.45, 2.75) is 11.8 Å². The molecule has 2 N–H and O–H groups in total. The maximum atomic E-state index is 13.1. The number of aromatic nitrogens is 1. The van der Waals surface area contributed by atoms with Gasteiger partial charge in [0.05, 0.1) is 36.6 Å². The molecule has 0 aliphatic carbocycles. The van der Waals surface area contributed by atoms with Crippen LogP contribution in [0.2, 0.25) is 0 Å². The Bertz CT molecular complexity index is 1150. The van der Waals surface area contributed by atoms with Crippen molar-refractivity contribution in [1.29, 1.82) is 0 Å². The Balaban J connectivity index is 1.43. The van der Waals surface area contributed by atoms with Gasteiger partial charge in [0.15, 0.2) is 0 Å². The molecule has 3 aromatic rings. The first-order valence-corrected chi connectivity index (χ1v) is 11.0. The Morgan fingerprint density at radius 1 is 1.10 bits per heavy atom. The lowest BCUT2D eigenvalue weighted by molar-refractivity contribution is -0.895. The number of quaternary nitrogens is 1. The standard InChI is InChI=1S/C21H22FN3O3S/c1-15-21(18-4-2-3-5-19(18)23-15)20(26)14-24-10-12-25(13-11-24)29(27,28)17-8-6-16(22)7-9-17/h2-9,23H,10-14H2,1H3/p+1. The minimum Gasteiger partial charge on any atom is -0.358 e. The van der Waals surface area contributed by atoms with Gasteiger partial charge in [-0.1, -0.05) is 18.2 Å². The molecule has 1 aliphatic heterocycles. The summed E-state index contributed by atoms with van der Waals surface area (Å²) in [5, 5.41) is 0.923. The van der Waals surface area contributed by atoms with E-state index in [0.717, 1.165) is 39.2 Å². The number of sulfonamides is 1. The van der Waals surface area contributed by atoms with Crippen LogP contribution in [-0.2, 0) is 10.0 Å². The number of para-hydroxylation sites is 1. The van der Waals surface area contributed by atoms with E-state index in [4.69, 9.17) is 0 Å². The number of carbonyl (C=O) groups is 1. The molecule has 0 saturated carbocycles. The maximum absolute atomic E-state index is 13.1. The highest BCUT2D eigenvalue weighted by atomic mass is 32.2. The molecule has 0 amide bonds. The molecular weight excluding hydrogens is 393 g/mol. The molecule has 4 rings (SSSR count). The van der Waals surface area contributed by atoms with Crippen LogP contribution < -0.4 is 4.90 Å². The molecule has 8 heteroatoms. The second-order valence-corrected chi connectivity index (χ2v) is 9.32. The number of halogens is 1. The number of nitrogens with zero attached hydrogens (tertiary/aromatic N) is 1. The zero-order chi connectivity index (χ0) is 20.6. The van der Waals surface area contributed by atoms with Gasteiger partial charge in [0, 0.05) is 16.6 Å². The number of Topliss-reactive ketones (excluding diaryl/α,β-unsaturated/α-hetero) is 1. The number of benzene rings is 2. The van der Waals surface area contributed by atoms with E-state index >= 15 is 0 Å². The summed E-state index contributed by atoms with van der Waals surface area (Å²) in [6.45, 7) is 3.98. The lowest BCUT2D eigenvalue weighted by Gasteiger charge is -2.31. The van der Waals surface area contributed by atoms with Crippen LogP contribution in [0.4, 0.5) is 4.39 Å². The fraction of sp³-hybridized carbons (Fsp3) is 0.286. The van der Waals surface area contributed by atoms with E-state index in [-0.39, 0.29) is 10.7 Å². The molecule has 1 saturated heterocycles. The number of aromatic amines is 1. The highest BCUT2D eigenvalue weighted by molar-refractivity contribution is 7.89. The van der Waals surface area contributed by atoms with Crippen LogP contribution in [0, 0.1) is 12.7 Å². The van der Waals surface area contributed by atoms with E-state index in [2.05, 4.69) is 4.98 Å². The molecule has 2 heterocycles. The molecular formula is C21H23FN3O3S+.